The molecule has 2 amide bonds. The first kappa shape index (κ1) is 19.7. The minimum atomic E-state index is -1.14. The molecule has 0 saturated heterocycles. The molecule has 0 saturated carbocycles. The summed E-state index contributed by atoms with van der Waals surface area (Å²) in [7, 11) is 0. The van der Waals surface area contributed by atoms with Crippen molar-refractivity contribution >= 4 is 50.7 Å². The number of rotatable bonds is 7. The molecule has 9 nitrogen and oxygen atoms in total. The molecular formula is C19H14N6O3S2. The summed E-state index contributed by atoms with van der Waals surface area (Å²) in [6.45, 7) is 0. The Kier molecular flexibility index (Phi) is 5.55. The van der Waals surface area contributed by atoms with Gasteiger partial charge in [-0.05, 0) is 28.5 Å². The van der Waals surface area contributed by atoms with Gasteiger partial charge in [0, 0.05) is 23.5 Å². The molecule has 0 radical (unpaired) electrons. The number of carbonyl (C=O) groups is 3. The molecule has 0 aliphatic heterocycles. The second-order valence-electron chi connectivity index (χ2n) is 6.25. The topological polar surface area (TPSA) is 141 Å². The van der Waals surface area contributed by atoms with Gasteiger partial charge in [0.15, 0.2) is 17.2 Å². The summed E-state index contributed by atoms with van der Waals surface area (Å²) in [5, 5.41) is 5.42. The number of primary amides is 1. The Morgan fingerprint density at radius 3 is 2.60 bits per heavy atom. The summed E-state index contributed by atoms with van der Waals surface area (Å²) in [4.78, 5) is 45.0. The lowest BCUT2D eigenvalue weighted by atomic mass is 10.0. The molecule has 4 rings (SSSR count). The first-order valence-electron chi connectivity index (χ1n) is 8.74. The fourth-order valence-electron chi connectivity index (χ4n) is 2.92. The van der Waals surface area contributed by atoms with E-state index in [-0.39, 0.29) is 23.6 Å². The molecule has 3 N–H and O–H groups in total. The van der Waals surface area contributed by atoms with Crippen LogP contribution in [0.15, 0.2) is 48.1 Å². The highest BCUT2D eigenvalue weighted by Crippen LogP contribution is 2.27. The van der Waals surface area contributed by atoms with Crippen molar-refractivity contribution in [1.29, 1.82) is 0 Å². The maximum Gasteiger partial charge on any atom is 0.287 e. The number of amides is 2. The van der Waals surface area contributed by atoms with E-state index in [1.165, 1.54) is 23.7 Å². The lowest BCUT2D eigenvalue weighted by Gasteiger charge is -2.15. The Bertz CT molecular complexity index is 1240. The van der Waals surface area contributed by atoms with Gasteiger partial charge < -0.3 is 11.1 Å². The average molecular weight is 438 g/mol. The highest BCUT2D eigenvalue weighted by atomic mass is 32.1. The summed E-state index contributed by atoms with van der Waals surface area (Å²) in [6.07, 6.45) is 3.15. The third kappa shape index (κ3) is 3.93. The Balaban J connectivity index is 1.62. The van der Waals surface area contributed by atoms with E-state index >= 15 is 0 Å². The van der Waals surface area contributed by atoms with Gasteiger partial charge in [-0.15, -0.1) is 11.3 Å². The fourth-order valence-corrected chi connectivity index (χ4v) is 4.44. The molecule has 3 heterocycles. The molecule has 0 fully saturated rings. The van der Waals surface area contributed by atoms with Gasteiger partial charge >= 0.3 is 0 Å². The SMILES string of the molecule is NC(=O)C(=O)C(Cc1csc2ccccc12)NC(=O)c1nsnc1-c1ncccn1. The number of nitrogens with one attached hydrogen (secondary N) is 1. The third-order valence-electron chi connectivity index (χ3n) is 4.33. The summed E-state index contributed by atoms with van der Waals surface area (Å²) >= 11 is 2.34. The van der Waals surface area contributed by atoms with Crippen LogP contribution in [0.2, 0.25) is 0 Å². The molecule has 0 aliphatic carbocycles. The first-order chi connectivity index (χ1) is 14.5. The summed E-state index contributed by atoms with van der Waals surface area (Å²) in [5.41, 5.74) is 6.22. The molecule has 1 unspecified atom stereocenters. The minimum Gasteiger partial charge on any atom is -0.363 e. The van der Waals surface area contributed by atoms with Crippen molar-refractivity contribution in [2.45, 2.75) is 12.5 Å². The van der Waals surface area contributed by atoms with Crippen LogP contribution in [0.1, 0.15) is 16.1 Å². The number of Topliss-reactive ketones (excluding diaryl/α,β-unsaturated/α-hetero) is 1. The predicted molar refractivity (Wildman–Crippen MR) is 112 cm³/mol. The Morgan fingerprint density at radius 1 is 1.07 bits per heavy atom. The average Bonchev–Trinajstić information content (AvgIpc) is 3.41. The van der Waals surface area contributed by atoms with Crippen LogP contribution in [0.4, 0.5) is 0 Å². The van der Waals surface area contributed by atoms with E-state index < -0.39 is 23.6 Å². The number of fused-ring (bicyclic) bond motifs is 1. The van der Waals surface area contributed by atoms with Gasteiger partial charge in [0.2, 0.25) is 5.78 Å². The summed E-state index contributed by atoms with van der Waals surface area (Å²) < 4.78 is 9.13. The first-order valence-corrected chi connectivity index (χ1v) is 10.3. The number of nitrogens with two attached hydrogens (primary N) is 1. The zero-order chi connectivity index (χ0) is 21.1. The number of benzene rings is 1. The number of carbonyl (C=O) groups excluding carboxylic acids is 3. The van der Waals surface area contributed by atoms with Gasteiger partial charge in [0.1, 0.15) is 6.04 Å². The van der Waals surface area contributed by atoms with Crippen LogP contribution in [0.25, 0.3) is 21.6 Å². The van der Waals surface area contributed by atoms with E-state index in [2.05, 4.69) is 24.0 Å². The second-order valence-corrected chi connectivity index (χ2v) is 7.69. The third-order valence-corrected chi connectivity index (χ3v) is 5.87. The van der Waals surface area contributed by atoms with Crippen LogP contribution in [-0.4, -0.2) is 42.4 Å². The number of aromatic nitrogens is 4. The highest BCUT2D eigenvalue weighted by molar-refractivity contribution is 7.17. The summed E-state index contributed by atoms with van der Waals surface area (Å²) in [5.74, 6) is -2.44. The zero-order valence-electron chi connectivity index (χ0n) is 15.3. The number of nitrogens with zero attached hydrogens (tertiary/aromatic N) is 4. The maximum absolute atomic E-state index is 12.9. The van der Waals surface area contributed by atoms with E-state index in [4.69, 9.17) is 5.73 Å². The summed E-state index contributed by atoms with van der Waals surface area (Å²) in [6, 6.07) is 8.17. The Labute approximate surface area is 178 Å². The smallest absolute Gasteiger partial charge is 0.287 e. The molecule has 0 spiro atoms. The molecule has 0 aliphatic rings. The number of ketones is 1. The maximum atomic E-state index is 12.9. The monoisotopic (exact) mass is 438 g/mol. The molecular weight excluding hydrogens is 424 g/mol. The highest BCUT2D eigenvalue weighted by Gasteiger charge is 2.29. The van der Waals surface area contributed by atoms with Crippen LogP contribution >= 0.6 is 23.1 Å². The molecule has 30 heavy (non-hydrogen) atoms. The van der Waals surface area contributed by atoms with Crippen LogP contribution < -0.4 is 11.1 Å². The van der Waals surface area contributed by atoms with Crippen molar-refractivity contribution in [2.75, 3.05) is 0 Å². The van der Waals surface area contributed by atoms with Crippen molar-refractivity contribution in [3.05, 3.63) is 59.4 Å². The second kappa shape index (κ2) is 8.43. The van der Waals surface area contributed by atoms with E-state index in [0.717, 1.165) is 27.4 Å². The van der Waals surface area contributed by atoms with Crippen molar-refractivity contribution < 1.29 is 14.4 Å². The van der Waals surface area contributed by atoms with Gasteiger partial charge in [-0.25, -0.2) is 9.97 Å². The molecule has 3 aromatic heterocycles. The van der Waals surface area contributed by atoms with E-state index in [9.17, 15) is 14.4 Å². The zero-order valence-corrected chi connectivity index (χ0v) is 16.9. The van der Waals surface area contributed by atoms with Crippen LogP contribution in [-0.2, 0) is 16.0 Å². The lowest BCUT2D eigenvalue weighted by molar-refractivity contribution is -0.137. The quantitative estimate of drug-likeness (QED) is 0.418. The number of hydrogen-bond donors (Lipinski definition) is 2. The molecule has 150 valence electrons. The van der Waals surface area contributed by atoms with Crippen molar-refractivity contribution in [3.8, 4) is 11.5 Å². The normalized spacial score (nSPS) is 11.9. The Morgan fingerprint density at radius 2 is 1.83 bits per heavy atom. The van der Waals surface area contributed by atoms with Crippen molar-refractivity contribution in [2.24, 2.45) is 5.73 Å². The number of thiophene rings is 1. The molecule has 1 aromatic carbocycles. The fraction of sp³-hybridized carbons (Fsp3) is 0.105. The predicted octanol–water partition coefficient (Wildman–Crippen LogP) is 1.61. The number of hydrogen-bond acceptors (Lipinski definition) is 9. The van der Waals surface area contributed by atoms with Crippen molar-refractivity contribution in [3.63, 3.8) is 0 Å². The molecule has 1 atom stereocenters. The Hall–Kier alpha value is -3.57. The van der Waals surface area contributed by atoms with Crippen LogP contribution in [0.5, 0.6) is 0 Å². The minimum absolute atomic E-state index is 0.0244. The van der Waals surface area contributed by atoms with Gasteiger partial charge in [-0.1, -0.05) is 18.2 Å². The largest absolute Gasteiger partial charge is 0.363 e. The van der Waals surface area contributed by atoms with Crippen LogP contribution in [0.3, 0.4) is 0 Å². The van der Waals surface area contributed by atoms with Gasteiger partial charge in [0.05, 0.1) is 11.7 Å². The molecule has 0 bridgehead atoms. The lowest BCUT2D eigenvalue weighted by Crippen LogP contribution is -2.47. The van der Waals surface area contributed by atoms with E-state index in [1.807, 2.05) is 29.6 Å². The van der Waals surface area contributed by atoms with Gasteiger partial charge in [-0.2, -0.15) is 8.75 Å². The molecule has 4 aromatic rings. The van der Waals surface area contributed by atoms with Crippen molar-refractivity contribution in [1.82, 2.24) is 24.0 Å². The van der Waals surface area contributed by atoms with Gasteiger partial charge in [-0.3, -0.25) is 14.4 Å². The van der Waals surface area contributed by atoms with E-state index in [1.54, 1.807) is 6.07 Å². The standard InChI is InChI=1S/C19H14N6O3S2/c20-17(27)16(26)12(8-10-9-29-13-5-2-1-4-11(10)13)23-19(28)15-14(24-30-25-15)18-21-6-3-7-22-18/h1-7,9,12H,8H2,(H2,20,27)(H,23,28). The van der Waals surface area contributed by atoms with Crippen LogP contribution in [0, 0.1) is 0 Å². The molecule has 11 heteroatoms. The van der Waals surface area contributed by atoms with E-state index in [0.29, 0.717) is 0 Å². The van der Waals surface area contributed by atoms with Gasteiger partial charge in [0.25, 0.3) is 11.8 Å².